The molecule has 21 heavy (non-hydrogen) atoms. The van der Waals surface area contributed by atoms with E-state index < -0.39 is 17.5 Å². The van der Waals surface area contributed by atoms with Gasteiger partial charge in [0.15, 0.2) is 0 Å². The summed E-state index contributed by atoms with van der Waals surface area (Å²) in [5, 5.41) is 11.8. The van der Waals surface area contributed by atoms with Crippen molar-refractivity contribution in [2.24, 2.45) is 0 Å². The van der Waals surface area contributed by atoms with E-state index in [4.69, 9.17) is 5.26 Å². The minimum Gasteiger partial charge on any atom is -0.312 e. The first kappa shape index (κ1) is 15.1. The van der Waals surface area contributed by atoms with Gasteiger partial charge in [0, 0.05) is 12.6 Å². The fourth-order valence-corrected chi connectivity index (χ4v) is 1.99. The molecule has 0 saturated heterocycles. The lowest BCUT2D eigenvalue weighted by Crippen LogP contribution is -2.17. The number of nitriles is 1. The Morgan fingerprint density at radius 2 is 1.67 bits per heavy atom. The van der Waals surface area contributed by atoms with Crippen LogP contribution in [0.3, 0.4) is 0 Å². The molecule has 0 fully saturated rings. The second-order valence-corrected chi connectivity index (χ2v) is 4.63. The molecule has 2 aromatic rings. The van der Waals surface area contributed by atoms with Crippen LogP contribution in [0.2, 0.25) is 0 Å². The van der Waals surface area contributed by atoms with Gasteiger partial charge in [-0.15, -0.1) is 0 Å². The van der Waals surface area contributed by atoms with Crippen LogP contribution in [0.5, 0.6) is 0 Å². The summed E-state index contributed by atoms with van der Waals surface area (Å²) < 4.78 is 39.1. The second-order valence-electron chi connectivity index (χ2n) is 4.63. The monoisotopic (exact) mass is 290 g/mol. The van der Waals surface area contributed by atoms with Gasteiger partial charge in [-0.1, -0.05) is 6.07 Å². The molecule has 0 aromatic heterocycles. The van der Waals surface area contributed by atoms with Crippen molar-refractivity contribution in [3.63, 3.8) is 0 Å². The molecule has 2 rings (SSSR count). The first-order chi connectivity index (χ1) is 10.1. The summed E-state index contributed by atoms with van der Waals surface area (Å²) in [6, 6.07) is 9.50. The number of halogens is 3. The molecule has 0 spiro atoms. The molecule has 0 aliphatic rings. The molecule has 0 aliphatic heterocycles. The maximum Gasteiger partial charge on any atom is 0.140 e. The van der Waals surface area contributed by atoms with Gasteiger partial charge in [0.05, 0.1) is 5.56 Å². The number of benzene rings is 2. The number of hydrogen-bond acceptors (Lipinski definition) is 2. The van der Waals surface area contributed by atoms with Crippen molar-refractivity contribution < 1.29 is 13.2 Å². The Morgan fingerprint density at radius 3 is 2.33 bits per heavy atom. The summed E-state index contributed by atoms with van der Waals surface area (Å²) in [7, 11) is 0. The third-order valence-corrected chi connectivity index (χ3v) is 2.99. The third-order valence-electron chi connectivity index (χ3n) is 2.99. The summed E-state index contributed by atoms with van der Waals surface area (Å²) >= 11 is 0. The van der Waals surface area contributed by atoms with Crippen molar-refractivity contribution in [2.45, 2.75) is 13.0 Å². The van der Waals surface area contributed by atoms with Gasteiger partial charge in [-0.2, -0.15) is 5.26 Å². The van der Waals surface area contributed by atoms with E-state index in [2.05, 4.69) is 5.32 Å². The van der Waals surface area contributed by atoms with Crippen molar-refractivity contribution in [1.29, 1.82) is 5.26 Å². The molecule has 0 aliphatic carbocycles. The van der Waals surface area contributed by atoms with Crippen LogP contribution in [0.15, 0.2) is 36.4 Å². The Hall–Kier alpha value is -2.32. The summed E-state index contributed by atoms with van der Waals surface area (Å²) in [4.78, 5) is 0. The Kier molecular flexibility index (Phi) is 4.96. The second kappa shape index (κ2) is 6.91. The normalized spacial score (nSPS) is 10.4. The van der Waals surface area contributed by atoms with E-state index in [1.807, 2.05) is 0 Å². The van der Waals surface area contributed by atoms with Gasteiger partial charge in [0.25, 0.3) is 0 Å². The smallest absolute Gasteiger partial charge is 0.140 e. The fourth-order valence-electron chi connectivity index (χ4n) is 1.99. The van der Waals surface area contributed by atoms with Gasteiger partial charge >= 0.3 is 0 Å². The highest BCUT2D eigenvalue weighted by molar-refractivity contribution is 5.34. The van der Waals surface area contributed by atoms with Crippen LogP contribution in [0, 0.1) is 28.8 Å². The third kappa shape index (κ3) is 4.33. The van der Waals surface area contributed by atoms with Gasteiger partial charge in [0.2, 0.25) is 0 Å². The zero-order chi connectivity index (χ0) is 15.2. The molecular weight excluding hydrogens is 277 g/mol. The van der Waals surface area contributed by atoms with E-state index in [0.29, 0.717) is 25.1 Å². The highest BCUT2D eigenvalue weighted by Crippen LogP contribution is 2.10. The highest BCUT2D eigenvalue weighted by Gasteiger charge is 2.03. The van der Waals surface area contributed by atoms with Crippen LogP contribution in [0.25, 0.3) is 0 Å². The lowest BCUT2D eigenvalue weighted by Gasteiger charge is -2.06. The SMILES string of the molecule is N#Cc1cc(CNCCc2cc(F)cc(F)c2)ccc1F. The molecule has 2 aromatic carbocycles. The minimum atomic E-state index is -0.595. The predicted molar refractivity (Wildman–Crippen MR) is 72.9 cm³/mol. The molecule has 0 saturated carbocycles. The zero-order valence-electron chi connectivity index (χ0n) is 11.2. The summed E-state index contributed by atoms with van der Waals surface area (Å²) in [5.41, 5.74) is 1.34. The van der Waals surface area contributed by atoms with Crippen molar-refractivity contribution in [1.82, 2.24) is 5.32 Å². The lowest BCUT2D eigenvalue weighted by atomic mass is 10.1. The Bertz CT molecular complexity index is 657. The molecule has 0 atom stereocenters. The molecule has 5 heteroatoms. The predicted octanol–water partition coefficient (Wildman–Crippen LogP) is 3.31. The van der Waals surface area contributed by atoms with E-state index in [9.17, 15) is 13.2 Å². The molecule has 0 heterocycles. The number of nitrogens with one attached hydrogen (secondary N) is 1. The molecule has 0 bridgehead atoms. The Balaban J connectivity index is 1.86. The lowest BCUT2D eigenvalue weighted by molar-refractivity contribution is 0.577. The number of nitrogens with zero attached hydrogens (tertiary/aromatic N) is 1. The molecule has 0 amide bonds. The summed E-state index contributed by atoms with van der Waals surface area (Å²) in [6.07, 6.45) is 0.473. The van der Waals surface area contributed by atoms with Crippen LogP contribution < -0.4 is 5.32 Å². The zero-order valence-corrected chi connectivity index (χ0v) is 11.2. The minimum absolute atomic E-state index is 0.00139. The van der Waals surface area contributed by atoms with Gasteiger partial charge in [0.1, 0.15) is 23.5 Å². The van der Waals surface area contributed by atoms with Gasteiger partial charge in [-0.25, -0.2) is 13.2 Å². The first-order valence-electron chi connectivity index (χ1n) is 6.42. The Morgan fingerprint density at radius 1 is 0.952 bits per heavy atom. The van der Waals surface area contributed by atoms with E-state index in [1.165, 1.54) is 24.3 Å². The highest BCUT2D eigenvalue weighted by atomic mass is 19.1. The van der Waals surface area contributed by atoms with Crippen molar-refractivity contribution >= 4 is 0 Å². The van der Waals surface area contributed by atoms with E-state index in [-0.39, 0.29) is 5.56 Å². The average molecular weight is 290 g/mol. The van der Waals surface area contributed by atoms with Crippen LogP contribution in [0.1, 0.15) is 16.7 Å². The molecule has 0 unspecified atom stereocenters. The van der Waals surface area contributed by atoms with Gasteiger partial charge in [-0.3, -0.25) is 0 Å². The van der Waals surface area contributed by atoms with Crippen molar-refractivity contribution in [3.05, 3.63) is 70.5 Å². The topological polar surface area (TPSA) is 35.8 Å². The maximum atomic E-state index is 13.1. The van der Waals surface area contributed by atoms with Gasteiger partial charge < -0.3 is 5.32 Å². The van der Waals surface area contributed by atoms with Crippen LogP contribution in [-0.4, -0.2) is 6.54 Å². The number of hydrogen-bond donors (Lipinski definition) is 1. The van der Waals surface area contributed by atoms with Crippen LogP contribution in [-0.2, 0) is 13.0 Å². The van der Waals surface area contributed by atoms with Crippen LogP contribution in [0.4, 0.5) is 13.2 Å². The molecule has 0 radical (unpaired) electrons. The molecule has 2 nitrogen and oxygen atoms in total. The summed E-state index contributed by atoms with van der Waals surface area (Å²) in [6.45, 7) is 0.967. The quantitative estimate of drug-likeness (QED) is 0.858. The van der Waals surface area contributed by atoms with E-state index in [1.54, 1.807) is 12.1 Å². The largest absolute Gasteiger partial charge is 0.312 e. The van der Waals surface area contributed by atoms with Crippen LogP contribution >= 0.6 is 0 Å². The van der Waals surface area contributed by atoms with E-state index in [0.717, 1.165) is 11.6 Å². The first-order valence-corrected chi connectivity index (χ1v) is 6.42. The standard InChI is InChI=1S/C16H13F3N2/c17-14-6-11(7-15(18)8-14)3-4-21-10-12-1-2-16(19)13(5-12)9-20/h1-2,5-8,21H,3-4,10H2. The van der Waals surface area contributed by atoms with Crippen molar-refractivity contribution in [3.8, 4) is 6.07 Å². The summed E-state index contributed by atoms with van der Waals surface area (Å²) in [5.74, 6) is -1.74. The van der Waals surface area contributed by atoms with Gasteiger partial charge in [-0.05, 0) is 48.4 Å². The molecule has 108 valence electrons. The molecular formula is C16H13F3N2. The Labute approximate surface area is 120 Å². The average Bonchev–Trinajstić information content (AvgIpc) is 2.44. The van der Waals surface area contributed by atoms with E-state index >= 15 is 0 Å². The molecule has 1 N–H and O–H groups in total. The van der Waals surface area contributed by atoms with Crippen molar-refractivity contribution in [2.75, 3.05) is 6.54 Å². The maximum absolute atomic E-state index is 13.1. The fraction of sp³-hybridized carbons (Fsp3) is 0.188. The number of rotatable bonds is 5.